The van der Waals surface area contributed by atoms with Gasteiger partial charge in [0.25, 0.3) is 10.0 Å². The summed E-state index contributed by atoms with van der Waals surface area (Å²) in [6.07, 6.45) is 0. The van der Waals surface area contributed by atoms with Gasteiger partial charge in [-0.05, 0) is 67.5 Å². The summed E-state index contributed by atoms with van der Waals surface area (Å²) >= 11 is 5.38. The Balaban J connectivity index is 1.82. The number of aryl methyl sites for hydroxylation is 2. The Morgan fingerprint density at radius 1 is 0.867 bits per heavy atom. The third-order valence-corrected chi connectivity index (χ3v) is 6.19. The first-order valence-electron chi connectivity index (χ1n) is 9.20. The van der Waals surface area contributed by atoms with Gasteiger partial charge in [-0.25, -0.2) is 8.42 Å². The van der Waals surface area contributed by atoms with E-state index in [0.29, 0.717) is 27.8 Å². The third-order valence-electron chi connectivity index (χ3n) is 4.48. The van der Waals surface area contributed by atoms with Gasteiger partial charge in [0.2, 0.25) is 0 Å². The Labute approximate surface area is 182 Å². The van der Waals surface area contributed by atoms with E-state index in [1.165, 1.54) is 7.11 Å². The molecule has 0 heterocycles. The van der Waals surface area contributed by atoms with E-state index in [-0.39, 0.29) is 4.90 Å². The molecule has 3 N–H and O–H groups in total. The molecule has 0 saturated carbocycles. The van der Waals surface area contributed by atoms with Gasteiger partial charge in [0.1, 0.15) is 5.75 Å². The van der Waals surface area contributed by atoms with Crippen molar-refractivity contribution in [1.29, 1.82) is 0 Å². The minimum absolute atomic E-state index is 0.150. The Kier molecular flexibility index (Phi) is 6.59. The minimum atomic E-state index is -3.83. The first kappa shape index (κ1) is 21.6. The van der Waals surface area contributed by atoms with Gasteiger partial charge in [-0.1, -0.05) is 36.4 Å². The number of anilines is 3. The fourth-order valence-electron chi connectivity index (χ4n) is 2.89. The van der Waals surface area contributed by atoms with E-state index in [0.717, 1.165) is 11.3 Å². The maximum Gasteiger partial charge on any atom is 0.262 e. The highest BCUT2D eigenvalue weighted by molar-refractivity contribution is 7.92. The molecule has 0 aliphatic rings. The Morgan fingerprint density at radius 3 is 2.23 bits per heavy atom. The molecule has 0 aliphatic heterocycles. The van der Waals surface area contributed by atoms with Crippen molar-refractivity contribution in [2.24, 2.45) is 0 Å². The van der Waals surface area contributed by atoms with E-state index in [1.807, 2.05) is 31.2 Å². The maximum atomic E-state index is 13.0. The van der Waals surface area contributed by atoms with Crippen molar-refractivity contribution in [2.45, 2.75) is 18.7 Å². The molecule has 3 rings (SSSR count). The second-order valence-electron chi connectivity index (χ2n) is 6.68. The van der Waals surface area contributed by atoms with Crippen LogP contribution in [0.25, 0.3) is 0 Å². The monoisotopic (exact) mass is 441 g/mol. The average Bonchev–Trinajstić information content (AvgIpc) is 2.71. The van der Waals surface area contributed by atoms with Gasteiger partial charge in [0.05, 0.1) is 17.7 Å². The second-order valence-corrected chi connectivity index (χ2v) is 8.74. The first-order valence-corrected chi connectivity index (χ1v) is 11.1. The van der Waals surface area contributed by atoms with Crippen LogP contribution in [0.1, 0.15) is 11.1 Å². The van der Waals surface area contributed by atoms with Crippen LogP contribution in [0.15, 0.2) is 71.6 Å². The maximum absolute atomic E-state index is 13.0. The molecule has 6 nitrogen and oxygen atoms in total. The number of hydrogen-bond acceptors (Lipinski definition) is 4. The molecular weight excluding hydrogens is 418 g/mol. The molecule has 30 heavy (non-hydrogen) atoms. The van der Waals surface area contributed by atoms with Crippen molar-refractivity contribution in [1.82, 2.24) is 0 Å². The molecule has 8 heteroatoms. The summed E-state index contributed by atoms with van der Waals surface area (Å²) in [7, 11) is -2.34. The van der Waals surface area contributed by atoms with Crippen LogP contribution in [-0.4, -0.2) is 20.6 Å². The number of nitrogens with one attached hydrogen (secondary N) is 3. The molecule has 156 valence electrons. The van der Waals surface area contributed by atoms with E-state index >= 15 is 0 Å². The molecule has 0 unspecified atom stereocenters. The van der Waals surface area contributed by atoms with Gasteiger partial charge >= 0.3 is 0 Å². The Bertz CT molecular complexity index is 1180. The van der Waals surface area contributed by atoms with E-state index in [9.17, 15) is 8.42 Å². The molecule has 0 fully saturated rings. The molecule has 3 aromatic rings. The number of benzene rings is 3. The number of methoxy groups -OCH3 is 1. The van der Waals surface area contributed by atoms with E-state index in [4.69, 9.17) is 17.0 Å². The fraction of sp³-hybridized carbons (Fsp3) is 0.136. The van der Waals surface area contributed by atoms with Crippen LogP contribution in [0, 0.1) is 13.8 Å². The molecule has 0 amide bonds. The molecular formula is C22H23N3O3S2. The summed E-state index contributed by atoms with van der Waals surface area (Å²) in [5.41, 5.74) is 3.48. The highest BCUT2D eigenvalue weighted by atomic mass is 32.2. The number of ether oxygens (including phenoxy) is 1. The summed E-state index contributed by atoms with van der Waals surface area (Å²) < 4.78 is 33.9. The third kappa shape index (κ3) is 5.08. The van der Waals surface area contributed by atoms with Crippen molar-refractivity contribution in [2.75, 3.05) is 22.5 Å². The van der Waals surface area contributed by atoms with Crippen LogP contribution in [-0.2, 0) is 10.0 Å². The van der Waals surface area contributed by atoms with Crippen LogP contribution >= 0.6 is 12.2 Å². The predicted octanol–water partition coefficient (Wildman–Crippen LogP) is 4.92. The first-order chi connectivity index (χ1) is 14.3. The molecule has 0 atom stereocenters. The fourth-order valence-corrected chi connectivity index (χ4v) is 4.46. The Hall–Kier alpha value is -3.10. The summed E-state index contributed by atoms with van der Waals surface area (Å²) in [6, 6.07) is 19.7. The lowest BCUT2D eigenvalue weighted by Gasteiger charge is -2.16. The number of hydrogen-bond donors (Lipinski definition) is 3. The molecule has 0 saturated heterocycles. The standard InChI is InChI=1S/C22H23N3O3S2/c1-15-8-4-5-9-18(15)24-22(29)23-17-13-12-16(2)21(14-17)30(26,27)25-19-10-6-7-11-20(19)28-3/h4-14,25H,1-3H3,(H2,23,24,29). The number of sulfonamides is 1. The van der Waals surface area contributed by atoms with Gasteiger partial charge in [0, 0.05) is 11.4 Å². The van der Waals surface area contributed by atoms with E-state index in [1.54, 1.807) is 49.4 Å². The quantitative estimate of drug-likeness (QED) is 0.471. The minimum Gasteiger partial charge on any atom is -0.495 e. The van der Waals surface area contributed by atoms with Crippen molar-refractivity contribution in [3.8, 4) is 5.75 Å². The topological polar surface area (TPSA) is 79.5 Å². The van der Waals surface area contributed by atoms with Gasteiger partial charge in [0.15, 0.2) is 5.11 Å². The summed E-state index contributed by atoms with van der Waals surface area (Å²) in [5.74, 6) is 0.441. The van der Waals surface area contributed by atoms with Gasteiger partial charge < -0.3 is 15.4 Å². The lowest BCUT2D eigenvalue weighted by atomic mass is 10.2. The number of para-hydroxylation sites is 3. The van der Waals surface area contributed by atoms with Crippen molar-refractivity contribution in [3.05, 3.63) is 77.9 Å². The number of rotatable bonds is 6. The molecule has 0 spiro atoms. The van der Waals surface area contributed by atoms with Gasteiger partial charge in [-0.3, -0.25) is 4.72 Å². The van der Waals surface area contributed by atoms with Crippen molar-refractivity contribution >= 4 is 44.4 Å². The van der Waals surface area contributed by atoms with Crippen molar-refractivity contribution in [3.63, 3.8) is 0 Å². The van der Waals surface area contributed by atoms with E-state index in [2.05, 4.69) is 15.4 Å². The smallest absolute Gasteiger partial charge is 0.262 e. The second kappa shape index (κ2) is 9.15. The normalized spacial score (nSPS) is 10.9. The highest BCUT2D eigenvalue weighted by Gasteiger charge is 2.19. The summed E-state index contributed by atoms with van der Waals surface area (Å²) in [6.45, 7) is 3.72. The zero-order valence-corrected chi connectivity index (χ0v) is 18.5. The average molecular weight is 442 g/mol. The molecule has 0 aliphatic carbocycles. The lowest BCUT2D eigenvalue weighted by Crippen LogP contribution is -2.20. The van der Waals surface area contributed by atoms with E-state index < -0.39 is 10.0 Å². The SMILES string of the molecule is COc1ccccc1NS(=O)(=O)c1cc(NC(=S)Nc2ccccc2C)ccc1C. The van der Waals surface area contributed by atoms with Crippen LogP contribution < -0.4 is 20.1 Å². The Morgan fingerprint density at radius 2 is 1.53 bits per heavy atom. The predicted molar refractivity (Wildman–Crippen MR) is 126 cm³/mol. The molecule has 0 bridgehead atoms. The van der Waals surface area contributed by atoms with Crippen molar-refractivity contribution < 1.29 is 13.2 Å². The van der Waals surface area contributed by atoms with Crippen LogP contribution in [0.2, 0.25) is 0 Å². The van der Waals surface area contributed by atoms with Crippen LogP contribution in [0.3, 0.4) is 0 Å². The lowest BCUT2D eigenvalue weighted by molar-refractivity contribution is 0.417. The van der Waals surface area contributed by atoms with Gasteiger partial charge in [-0.2, -0.15) is 0 Å². The van der Waals surface area contributed by atoms with Crippen LogP contribution in [0.4, 0.5) is 17.1 Å². The molecule has 0 aromatic heterocycles. The number of thiocarbonyl (C=S) groups is 1. The largest absolute Gasteiger partial charge is 0.495 e. The molecule has 0 radical (unpaired) electrons. The summed E-state index contributed by atoms with van der Waals surface area (Å²) in [4.78, 5) is 0.150. The summed E-state index contributed by atoms with van der Waals surface area (Å²) in [5, 5.41) is 6.54. The highest BCUT2D eigenvalue weighted by Crippen LogP contribution is 2.28. The molecule has 3 aromatic carbocycles. The van der Waals surface area contributed by atoms with Gasteiger partial charge in [-0.15, -0.1) is 0 Å². The zero-order valence-electron chi connectivity index (χ0n) is 16.9. The van der Waals surface area contributed by atoms with Crippen LogP contribution in [0.5, 0.6) is 5.75 Å². The zero-order chi connectivity index (χ0) is 21.7.